The quantitative estimate of drug-likeness (QED) is 0.719. The highest BCUT2D eigenvalue weighted by molar-refractivity contribution is 7.13. The molecular formula is C18H21N3OS. The van der Waals surface area contributed by atoms with E-state index in [1.54, 1.807) is 18.6 Å². The highest BCUT2D eigenvalue weighted by Crippen LogP contribution is 2.30. The first-order valence-electron chi connectivity index (χ1n) is 7.74. The number of hydrogen-bond donors (Lipinski definition) is 1. The summed E-state index contributed by atoms with van der Waals surface area (Å²) >= 11 is 1.55. The van der Waals surface area contributed by atoms with Crippen LogP contribution in [0.15, 0.2) is 48.5 Å². The van der Waals surface area contributed by atoms with Crippen molar-refractivity contribution in [2.24, 2.45) is 5.73 Å². The summed E-state index contributed by atoms with van der Waals surface area (Å²) in [6, 6.07) is 16.5. The van der Waals surface area contributed by atoms with Gasteiger partial charge in [0, 0.05) is 18.5 Å². The molecule has 2 N–H and O–H groups in total. The van der Waals surface area contributed by atoms with Gasteiger partial charge in [0.1, 0.15) is 11.6 Å². The standard InChI is InChI=1S/C18H21N3OS/c1-22-15-7-4-6-14(12-15)13-21(11-5-10-19)18-16-8-2-3-9-17(16)23-20-18/h2-4,6-9,12H,5,10-11,13,19H2,1H3. The van der Waals surface area contributed by atoms with Crippen LogP contribution in [0.1, 0.15) is 12.0 Å². The van der Waals surface area contributed by atoms with Crippen molar-refractivity contribution in [1.82, 2.24) is 4.37 Å². The molecular weight excluding hydrogens is 306 g/mol. The molecule has 3 rings (SSSR count). The molecule has 0 saturated heterocycles. The van der Waals surface area contributed by atoms with Crippen LogP contribution in [-0.2, 0) is 6.54 Å². The van der Waals surface area contributed by atoms with Crippen molar-refractivity contribution in [2.45, 2.75) is 13.0 Å². The van der Waals surface area contributed by atoms with Gasteiger partial charge < -0.3 is 15.4 Å². The summed E-state index contributed by atoms with van der Waals surface area (Å²) in [5.74, 6) is 1.92. The first kappa shape index (κ1) is 15.8. The molecule has 0 aliphatic heterocycles. The maximum atomic E-state index is 5.72. The number of anilines is 1. The van der Waals surface area contributed by atoms with Gasteiger partial charge in [-0.1, -0.05) is 24.3 Å². The van der Waals surface area contributed by atoms with Crippen LogP contribution in [0.25, 0.3) is 10.1 Å². The number of fused-ring (bicyclic) bond motifs is 1. The zero-order chi connectivity index (χ0) is 16.1. The summed E-state index contributed by atoms with van der Waals surface area (Å²) in [6.45, 7) is 2.36. The Hall–Kier alpha value is -2.11. The Bertz CT molecular complexity index is 772. The summed E-state index contributed by atoms with van der Waals surface area (Å²) in [5, 5.41) is 1.21. The van der Waals surface area contributed by atoms with Crippen LogP contribution in [0.2, 0.25) is 0 Å². The second kappa shape index (κ2) is 7.44. The minimum Gasteiger partial charge on any atom is -0.497 e. The Balaban J connectivity index is 1.90. The fourth-order valence-corrected chi connectivity index (χ4v) is 3.43. The van der Waals surface area contributed by atoms with E-state index < -0.39 is 0 Å². The van der Waals surface area contributed by atoms with Gasteiger partial charge in [-0.3, -0.25) is 0 Å². The Morgan fingerprint density at radius 2 is 2.04 bits per heavy atom. The molecule has 1 heterocycles. The number of rotatable bonds is 7. The van der Waals surface area contributed by atoms with Crippen molar-refractivity contribution in [3.63, 3.8) is 0 Å². The minimum absolute atomic E-state index is 0.677. The Labute approximate surface area is 140 Å². The minimum atomic E-state index is 0.677. The van der Waals surface area contributed by atoms with Gasteiger partial charge in [0.15, 0.2) is 0 Å². The van der Waals surface area contributed by atoms with Crippen LogP contribution in [0.4, 0.5) is 5.82 Å². The predicted molar refractivity (Wildman–Crippen MR) is 97.3 cm³/mol. The Morgan fingerprint density at radius 1 is 1.17 bits per heavy atom. The lowest BCUT2D eigenvalue weighted by molar-refractivity contribution is 0.414. The average molecular weight is 327 g/mol. The maximum absolute atomic E-state index is 5.72. The maximum Gasteiger partial charge on any atom is 0.150 e. The number of aromatic nitrogens is 1. The van der Waals surface area contributed by atoms with Crippen molar-refractivity contribution < 1.29 is 4.74 Å². The van der Waals surface area contributed by atoms with Gasteiger partial charge in [0.05, 0.1) is 11.8 Å². The molecule has 0 atom stereocenters. The summed E-state index contributed by atoms with van der Waals surface area (Å²) in [6.07, 6.45) is 0.940. The number of methoxy groups -OCH3 is 1. The van der Waals surface area contributed by atoms with Crippen molar-refractivity contribution in [3.05, 3.63) is 54.1 Å². The molecule has 2 aromatic carbocycles. The second-order valence-electron chi connectivity index (χ2n) is 5.42. The zero-order valence-corrected chi connectivity index (χ0v) is 14.1. The van der Waals surface area contributed by atoms with Crippen LogP contribution in [0.3, 0.4) is 0 Å². The van der Waals surface area contributed by atoms with Crippen molar-refractivity contribution >= 4 is 27.4 Å². The molecule has 3 aromatic rings. The van der Waals surface area contributed by atoms with E-state index in [2.05, 4.69) is 45.7 Å². The van der Waals surface area contributed by atoms with E-state index in [9.17, 15) is 0 Å². The van der Waals surface area contributed by atoms with Crippen LogP contribution in [0, 0.1) is 0 Å². The topological polar surface area (TPSA) is 51.4 Å². The van der Waals surface area contributed by atoms with Crippen LogP contribution >= 0.6 is 11.5 Å². The number of nitrogens with zero attached hydrogens (tertiary/aromatic N) is 2. The summed E-state index contributed by atoms with van der Waals surface area (Å²) in [7, 11) is 1.69. The molecule has 0 amide bonds. The molecule has 0 radical (unpaired) electrons. The van der Waals surface area contributed by atoms with Gasteiger partial charge in [0.25, 0.3) is 0 Å². The fourth-order valence-electron chi connectivity index (χ4n) is 2.63. The number of ether oxygens (including phenoxy) is 1. The van der Waals surface area contributed by atoms with E-state index in [1.165, 1.54) is 15.6 Å². The van der Waals surface area contributed by atoms with E-state index in [0.29, 0.717) is 6.54 Å². The molecule has 0 aliphatic rings. The summed E-state index contributed by atoms with van der Waals surface area (Å²) in [5.41, 5.74) is 6.92. The molecule has 0 aliphatic carbocycles. The third-order valence-electron chi connectivity index (χ3n) is 3.80. The molecule has 0 unspecified atom stereocenters. The first-order valence-corrected chi connectivity index (χ1v) is 8.51. The summed E-state index contributed by atoms with van der Waals surface area (Å²) in [4.78, 5) is 2.31. The molecule has 0 spiro atoms. The van der Waals surface area contributed by atoms with Gasteiger partial charge >= 0.3 is 0 Å². The summed E-state index contributed by atoms with van der Waals surface area (Å²) < 4.78 is 11.2. The third-order valence-corrected chi connectivity index (χ3v) is 4.61. The monoisotopic (exact) mass is 327 g/mol. The zero-order valence-electron chi connectivity index (χ0n) is 13.2. The average Bonchev–Trinajstić information content (AvgIpc) is 3.03. The molecule has 0 bridgehead atoms. The van der Waals surface area contributed by atoms with Crippen LogP contribution in [0.5, 0.6) is 5.75 Å². The van der Waals surface area contributed by atoms with Gasteiger partial charge in [-0.25, -0.2) is 0 Å². The van der Waals surface area contributed by atoms with Gasteiger partial charge in [-0.2, -0.15) is 4.37 Å². The van der Waals surface area contributed by atoms with E-state index in [4.69, 9.17) is 10.5 Å². The molecule has 4 nitrogen and oxygen atoms in total. The molecule has 1 aromatic heterocycles. The molecule has 120 valence electrons. The van der Waals surface area contributed by atoms with Gasteiger partial charge in [-0.15, -0.1) is 0 Å². The normalized spacial score (nSPS) is 10.9. The molecule has 0 fully saturated rings. The molecule has 5 heteroatoms. The SMILES string of the molecule is COc1cccc(CN(CCCN)c2nsc3ccccc23)c1. The lowest BCUT2D eigenvalue weighted by Crippen LogP contribution is -2.26. The lowest BCUT2D eigenvalue weighted by Gasteiger charge is -2.23. The Kier molecular flexibility index (Phi) is 5.10. The lowest BCUT2D eigenvalue weighted by atomic mass is 10.2. The van der Waals surface area contributed by atoms with Crippen molar-refractivity contribution in [1.29, 1.82) is 0 Å². The van der Waals surface area contributed by atoms with Crippen LogP contribution < -0.4 is 15.4 Å². The van der Waals surface area contributed by atoms with Gasteiger partial charge in [0.2, 0.25) is 0 Å². The van der Waals surface area contributed by atoms with Crippen LogP contribution in [-0.4, -0.2) is 24.6 Å². The van der Waals surface area contributed by atoms with E-state index in [-0.39, 0.29) is 0 Å². The van der Waals surface area contributed by atoms with Gasteiger partial charge in [-0.05, 0) is 54.3 Å². The predicted octanol–water partition coefficient (Wildman–Crippen LogP) is 3.66. The largest absolute Gasteiger partial charge is 0.497 e. The number of benzene rings is 2. The highest BCUT2D eigenvalue weighted by Gasteiger charge is 2.14. The third kappa shape index (κ3) is 3.63. The van der Waals surface area contributed by atoms with E-state index in [1.807, 2.05) is 12.1 Å². The second-order valence-corrected chi connectivity index (χ2v) is 6.22. The molecule has 0 saturated carbocycles. The Morgan fingerprint density at radius 3 is 2.87 bits per heavy atom. The number of hydrogen-bond acceptors (Lipinski definition) is 5. The number of nitrogens with two attached hydrogens (primary N) is 1. The molecule has 23 heavy (non-hydrogen) atoms. The van der Waals surface area contributed by atoms with E-state index in [0.717, 1.165) is 31.1 Å². The van der Waals surface area contributed by atoms with Crippen molar-refractivity contribution in [2.75, 3.05) is 25.1 Å². The smallest absolute Gasteiger partial charge is 0.150 e. The van der Waals surface area contributed by atoms with E-state index >= 15 is 0 Å². The fraction of sp³-hybridized carbons (Fsp3) is 0.278. The first-order chi connectivity index (χ1) is 11.3. The van der Waals surface area contributed by atoms with Crippen molar-refractivity contribution in [3.8, 4) is 5.75 Å². The highest BCUT2D eigenvalue weighted by atomic mass is 32.1.